The van der Waals surface area contributed by atoms with E-state index in [-0.39, 0.29) is 5.97 Å². The van der Waals surface area contributed by atoms with Gasteiger partial charge in [0.05, 0.1) is 20.6 Å². The highest BCUT2D eigenvalue weighted by atomic mass is 31.0. The molecule has 2 atom stereocenters. The third-order valence-electron chi connectivity index (χ3n) is 4.55. The van der Waals surface area contributed by atoms with Crippen molar-refractivity contribution < 1.29 is 18.5 Å². The number of likely N-dealkylation sites (N-methyl/N-ethyl adjacent to an activating group) is 1. The van der Waals surface area contributed by atoms with Gasteiger partial charge in [-0.3, -0.25) is 0 Å². The van der Waals surface area contributed by atoms with Crippen molar-refractivity contribution in [2.75, 3.05) is 33.8 Å². The highest BCUT2D eigenvalue weighted by molar-refractivity contribution is 7.09. The number of ether oxygens (including phenoxy) is 1. The fourth-order valence-corrected chi connectivity index (χ4v) is 2.97. The van der Waals surface area contributed by atoms with Gasteiger partial charge in [0.1, 0.15) is 13.2 Å². The third-order valence-corrected chi connectivity index (χ3v) is 4.88. The maximum Gasteiger partial charge on any atom is 0.335 e. The number of unbranched alkanes of at least 4 members (excludes halogenated alkanes) is 7. The molecule has 0 spiro atoms. The number of esters is 1. The summed E-state index contributed by atoms with van der Waals surface area (Å²) in [6.07, 6.45) is 11.7. The summed E-state index contributed by atoms with van der Waals surface area (Å²) in [6.45, 7) is 6.84. The van der Waals surface area contributed by atoms with E-state index in [4.69, 9.17) is 9.26 Å². The predicted octanol–water partition coefficient (Wildman–Crippen LogP) is 4.72. The molecule has 0 aromatic carbocycles. The Labute approximate surface area is 152 Å². The minimum Gasteiger partial charge on any atom is -0.458 e. The van der Waals surface area contributed by atoms with E-state index < -0.39 is 6.10 Å². The van der Waals surface area contributed by atoms with Crippen molar-refractivity contribution in [3.05, 3.63) is 0 Å². The lowest BCUT2D eigenvalue weighted by Gasteiger charge is -2.29. The van der Waals surface area contributed by atoms with Gasteiger partial charge in [0.25, 0.3) is 0 Å². The molecular formula is C19H41NO3P+. The van der Waals surface area contributed by atoms with Gasteiger partial charge in [-0.1, -0.05) is 58.8 Å². The van der Waals surface area contributed by atoms with Crippen LogP contribution in [0.3, 0.4) is 0 Å². The van der Waals surface area contributed by atoms with Crippen LogP contribution in [-0.2, 0) is 14.1 Å². The fourth-order valence-electron chi connectivity index (χ4n) is 2.73. The smallest absolute Gasteiger partial charge is 0.335 e. The Kier molecular flexibility index (Phi) is 15.0. The van der Waals surface area contributed by atoms with Gasteiger partial charge in [-0.25, -0.2) is 4.79 Å². The molecule has 0 heterocycles. The van der Waals surface area contributed by atoms with Crippen LogP contribution in [0.4, 0.5) is 0 Å². The van der Waals surface area contributed by atoms with Crippen molar-refractivity contribution in [1.82, 2.24) is 0 Å². The predicted molar refractivity (Wildman–Crippen MR) is 105 cm³/mol. The zero-order valence-electron chi connectivity index (χ0n) is 16.5. The maximum atomic E-state index is 12.0. The highest BCUT2D eigenvalue weighted by Gasteiger charge is 2.21. The van der Waals surface area contributed by atoms with Crippen molar-refractivity contribution in [2.24, 2.45) is 0 Å². The summed E-state index contributed by atoms with van der Waals surface area (Å²) < 4.78 is 11.5. The van der Waals surface area contributed by atoms with E-state index in [1.54, 1.807) is 0 Å². The van der Waals surface area contributed by atoms with Crippen molar-refractivity contribution in [3.63, 3.8) is 0 Å². The minimum absolute atomic E-state index is 0.227. The SMILES string of the molecule is CCCCCCCCC[N+](C)(C)CCOC(=O)C(CCCC)OP. The molecule has 144 valence electrons. The average molecular weight is 363 g/mol. The van der Waals surface area contributed by atoms with Crippen LogP contribution in [0.2, 0.25) is 0 Å². The lowest BCUT2D eigenvalue weighted by molar-refractivity contribution is -0.890. The average Bonchev–Trinajstić information content (AvgIpc) is 2.54. The summed E-state index contributed by atoms with van der Waals surface area (Å²) in [5.41, 5.74) is 0. The Balaban J connectivity index is 3.80. The van der Waals surface area contributed by atoms with Gasteiger partial charge in [0.2, 0.25) is 0 Å². The molecule has 0 aliphatic heterocycles. The molecule has 0 fully saturated rings. The Morgan fingerprint density at radius 2 is 1.50 bits per heavy atom. The molecule has 0 amide bonds. The third kappa shape index (κ3) is 13.1. The fraction of sp³-hybridized carbons (Fsp3) is 0.947. The standard InChI is InChI=1S/C19H41NO3P/c1-5-7-9-10-11-12-13-15-20(3,4)16-17-22-19(21)18(23-24)14-8-6-2/h18H,5-17,24H2,1-4H3/q+1. The molecule has 24 heavy (non-hydrogen) atoms. The molecule has 0 radical (unpaired) electrons. The molecular weight excluding hydrogens is 321 g/mol. The van der Waals surface area contributed by atoms with Crippen LogP contribution in [0.1, 0.15) is 78.1 Å². The number of quaternary nitrogens is 1. The van der Waals surface area contributed by atoms with E-state index in [0.717, 1.165) is 36.8 Å². The Morgan fingerprint density at radius 1 is 0.917 bits per heavy atom. The van der Waals surface area contributed by atoms with Crippen LogP contribution in [0.5, 0.6) is 0 Å². The molecule has 0 aliphatic carbocycles. The lowest BCUT2D eigenvalue weighted by Crippen LogP contribution is -2.43. The van der Waals surface area contributed by atoms with Crippen molar-refractivity contribution in [1.29, 1.82) is 0 Å². The van der Waals surface area contributed by atoms with Gasteiger partial charge in [0, 0.05) is 9.47 Å². The van der Waals surface area contributed by atoms with E-state index in [2.05, 4.69) is 37.4 Å². The second-order valence-electron chi connectivity index (χ2n) is 7.44. The highest BCUT2D eigenvalue weighted by Crippen LogP contribution is 2.11. The first-order chi connectivity index (χ1) is 11.5. The monoisotopic (exact) mass is 362 g/mol. The van der Waals surface area contributed by atoms with Gasteiger partial charge in [-0.05, 0) is 19.3 Å². The molecule has 4 nitrogen and oxygen atoms in total. The molecule has 2 unspecified atom stereocenters. The second kappa shape index (κ2) is 15.1. The van der Waals surface area contributed by atoms with Crippen LogP contribution in [0.15, 0.2) is 0 Å². The zero-order valence-corrected chi connectivity index (χ0v) is 17.7. The van der Waals surface area contributed by atoms with Gasteiger partial charge < -0.3 is 13.7 Å². The lowest BCUT2D eigenvalue weighted by atomic mass is 10.1. The second-order valence-corrected chi connectivity index (χ2v) is 7.71. The van der Waals surface area contributed by atoms with E-state index in [1.807, 2.05) is 0 Å². The Hall–Kier alpha value is -0.180. The molecule has 0 aromatic heterocycles. The summed E-state index contributed by atoms with van der Waals surface area (Å²) in [5.74, 6) is -0.227. The van der Waals surface area contributed by atoms with Crippen LogP contribution >= 0.6 is 9.47 Å². The molecule has 0 aromatic rings. The largest absolute Gasteiger partial charge is 0.458 e. The van der Waals surface area contributed by atoms with Gasteiger partial charge >= 0.3 is 5.97 Å². The summed E-state index contributed by atoms with van der Waals surface area (Å²) in [5, 5.41) is 0. The topological polar surface area (TPSA) is 35.5 Å². The van der Waals surface area contributed by atoms with Crippen LogP contribution < -0.4 is 0 Å². The number of hydrogen-bond donors (Lipinski definition) is 0. The molecule has 0 aliphatic rings. The number of carbonyl (C=O) groups is 1. The number of carbonyl (C=O) groups excluding carboxylic acids is 1. The van der Waals surface area contributed by atoms with Crippen LogP contribution in [0.25, 0.3) is 0 Å². The molecule has 0 saturated carbocycles. The maximum absolute atomic E-state index is 12.0. The quantitative estimate of drug-likeness (QED) is 0.172. The first-order valence-corrected chi connectivity index (χ1v) is 10.3. The van der Waals surface area contributed by atoms with E-state index in [0.29, 0.717) is 6.61 Å². The summed E-state index contributed by atoms with van der Waals surface area (Å²) in [7, 11) is 6.61. The number of hydrogen-bond acceptors (Lipinski definition) is 3. The van der Waals surface area contributed by atoms with Gasteiger partial charge in [0.15, 0.2) is 6.10 Å². The van der Waals surface area contributed by atoms with Crippen molar-refractivity contribution in [2.45, 2.75) is 84.2 Å². The minimum atomic E-state index is -0.436. The van der Waals surface area contributed by atoms with Crippen LogP contribution in [-0.4, -0.2) is 50.3 Å². The van der Waals surface area contributed by atoms with E-state index in [1.165, 1.54) is 44.9 Å². The Bertz CT molecular complexity index is 311. The molecule has 0 bridgehead atoms. The van der Waals surface area contributed by atoms with E-state index >= 15 is 0 Å². The van der Waals surface area contributed by atoms with Crippen molar-refractivity contribution >= 4 is 15.4 Å². The van der Waals surface area contributed by atoms with Crippen molar-refractivity contribution in [3.8, 4) is 0 Å². The normalized spacial score (nSPS) is 13.0. The van der Waals surface area contributed by atoms with E-state index in [9.17, 15) is 4.79 Å². The van der Waals surface area contributed by atoms with Gasteiger partial charge in [-0.2, -0.15) is 0 Å². The van der Waals surface area contributed by atoms with Gasteiger partial charge in [-0.15, -0.1) is 0 Å². The first kappa shape index (κ1) is 23.8. The molecule has 0 saturated heterocycles. The first-order valence-electron chi connectivity index (χ1n) is 9.81. The molecule has 0 rings (SSSR count). The summed E-state index contributed by atoms with van der Waals surface area (Å²) in [6, 6.07) is 0. The molecule has 0 N–H and O–H groups in total. The zero-order chi connectivity index (χ0) is 18.3. The number of nitrogens with zero attached hydrogens (tertiary/aromatic N) is 1. The summed E-state index contributed by atoms with van der Waals surface area (Å²) >= 11 is 0. The number of rotatable bonds is 16. The van der Waals surface area contributed by atoms with Crippen LogP contribution in [0, 0.1) is 0 Å². The molecule has 5 heteroatoms. The Morgan fingerprint density at radius 3 is 2.08 bits per heavy atom. The summed E-state index contributed by atoms with van der Waals surface area (Å²) in [4.78, 5) is 12.0.